The fraction of sp³-hybridized carbons (Fsp3) is 0.368. The van der Waals surface area contributed by atoms with E-state index in [1.54, 1.807) is 0 Å². The lowest BCUT2D eigenvalue weighted by Gasteiger charge is -2.36. The largest absolute Gasteiger partial charge is 0.373 e. The van der Waals surface area contributed by atoms with Gasteiger partial charge in [0.15, 0.2) is 0 Å². The van der Waals surface area contributed by atoms with E-state index in [0.29, 0.717) is 0 Å². The van der Waals surface area contributed by atoms with Gasteiger partial charge in [-0.1, -0.05) is 24.3 Å². The molecule has 0 unspecified atom stereocenters. The molecular formula is C19H23N3O. The van der Waals surface area contributed by atoms with Gasteiger partial charge in [0.05, 0.1) is 6.04 Å². The summed E-state index contributed by atoms with van der Waals surface area (Å²) in [6.07, 6.45) is 3.21. The molecule has 4 heteroatoms. The molecule has 0 spiro atoms. The Labute approximate surface area is 137 Å². The summed E-state index contributed by atoms with van der Waals surface area (Å²) in [5.74, 6) is 0.982. The predicted octanol–water partition coefficient (Wildman–Crippen LogP) is 3.80. The maximum absolute atomic E-state index is 12.9. The quantitative estimate of drug-likeness (QED) is 0.938. The van der Waals surface area contributed by atoms with E-state index >= 15 is 0 Å². The number of nitrogens with one attached hydrogen (secondary N) is 1. The van der Waals surface area contributed by atoms with E-state index in [-0.39, 0.29) is 11.9 Å². The van der Waals surface area contributed by atoms with Crippen molar-refractivity contribution < 1.29 is 4.79 Å². The molecule has 23 heavy (non-hydrogen) atoms. The molecule has 1 N–H and O–H groups in total. The molecule has 1 amide bonds. The normalized spacial score (nSPS) is 17.8. The van der Waals surface area contributed by atoms with Gasteiger partial charge in [-0.2, -0.15) is 0 Å². The molecule has 4 nitrogen and oxygen atoms in total. The van der Waals surface area contributed by atoms with E-state index in [9.17, 15) is 4.79 Å². The summed E-state index contributed by atoms with van der Waals surface area (Å²) in [5.41, 5.74) is 2.92. The van der Waals surface area contributed by atoms with Gasteiger partial charge in [-0.25, -0.2) is 4.98 Å². The van der Waals surface area contributed by atoms with Gasteiger partial charge in [-0.05, 0) is 49.9 Å². The van der Waals surface area contributed by atoms with Crippen LogP contribution in [0.4, 0.5) is 5.82 Å². The number of piperidine rings is 1. The number of rotatable bonds is 3. The van der Waals surface area contributed by atoms with Gasteiger partial charge in [-0.15, -0.1) is 0 Å². The van der Waals surface area contributed by atoms with Crippen LogP contribution in [0.25, 0.3) is 0 Å². The third-order valence-corrected chi connectivity index (χ3v) is 4.53. The van der Waals surface area contributed by atoms with Gasteiger partial charge in [0, 0.05) is 24.8 Å². The Morgan fingerprint density at radius 3 is 2.65 bits per heavy atom. The van der Waals surface area contributed by atoms with Gasteiger partial charge in [0.2, 0.25) is 0 Å². The van der Waals surface area contributed by atoms with Crippen LogP contribution < -0.4 is 5.32 Å². The van der Waals surface area contributed by atoms with Crippen molar-refractivity contribution in [2.24, 2.45) is 0 Å². The highest BCUT2D eigenvalue weighted by Gasteiger charge is 2.29. The van der Waals surface area contributed by atoms with E-state index in [1.807, 2.05) is 55.3 Å². The topological polar surface area (TPSA) is 45.2 Å². The van der Waals surface area contributed by atoms with Crippen LogP contribution in [0.3, 0.4) is 0 Å². The van der Waals surface area contributed by atoms with Crippen LogP contribution in [0.2, 0.25) is 0 Å². The SMILES string of the molecule is CNc1ccc([C@@H]2CCCCN2C(=O)c2ccccc2)c(C)n1. The number of hydrogen-bond acceptors (Lipinski definition) is 3. The average molecular weight is 309 g/mol. The number of nitrogens with zero attached hydrogens (tertiary/aromatic N) is 2. The number of likely N-dealkylation sites (tertiary alicyclic amines) is 1. The monoisotopic (exact) mass is 309 g/mol. The second kappa shape index (κ2) is 6.82. The van der Waals surface area contributed by atoms with Crippen LogP contribution in [0, 0.1) is 6.92 Å². The molecule has 2 aromatic rings. The average Bonchev–Trinajstić information content (AvgIpc) is 2.62. The molecule has 1 atom stereocenters. The molecule has 1 aliphatic rings. The van der Waals surface area contributed by atoms with Crippen molar-refractivity contribution >= 4 is 11.7 Å². The standard InChI is InChI=1S/C19H23N3O/c1-14-16(11-12-18(20-2)21-14)17-10-6-7-13-22(17)19(23)15-8-4-3-5-9-15/h3-5,8-9,11-12,17H,6-7,10,13H2,1-2H3,(H,20,21)/t17-/m0/s1. The van der Waals surface area contributed by atoms with Crippen LogP contribution >= 0.6 is 0 Å². The van der Waals surface area contributed by atoms with Crippen molar-refractivity contribution in [3.8, 4) is 0 Å². The predicted molar refractivity (Wildman–Crippen MR) is 92.6 cm³/mol. The molecule has 1 aromatic heterocycles. The number of carbonyl (C=O) groups excluding carboxylic acids is 1. The van der Waals surface area contributed by atoms with Crippen LogP contribution in [0.15, 0.2) is 42.5 Å². The summed E-state index contributed by atoms with van der Waals surface area (Å²) in [5, 5.41) is 3.07. The fourth-order valence-electron chi connectivity index (χ4n) is 3.31. The van der Waals surface area contributed by atoms with Crippen LogP contribution in [0.5, 0.6) is 0 Å². The summed E-state index contributed by atoms with van der Waals surface area (Å²) >= 11 is 0. The maximum Gasteiger partial charge on any atom is 0.254 e. The molecule has 0 bridgehead atoms. The first-order valence-corrected chi connectivity index (χ1v) is 8.22. The Bertz CT molecular complexity index is 684. The number of aryl methyl sites for hydroxylation is 1. The Morgan fingerprint density at radius 2 is 1.96 bits per heavy atom. The third-order valence-electron chi connectivity index (χ3n) is 4.53. The minimum Gasteiger partial charge on any atom is -0.373 e. The second-order valence-corrected chi connectivity index (χ2v) is 6.00. The van der Waals surface area contributed by atoms with Crippen LogP contribution in [0.1, 0.15) is 46.9 Å². The molecule has 120 valence electrons. The van der Waals surface area contributed by atoms with Gasteiger partial charge >= 0.3 is 0 Å². The van der Waals surface area contributed by atoms with E-state index in [2.05, 4.69) is 16.4 Å². The van der Waals surface area contributed by atoms with Gasteiger partial charge in [-0.3, -0.25) is 4.79 Å². The van der Waals surface area contributed by atoms with Crippen molar-refractivity contribution in [2.45, 2.75) is 32.2 Å². The Kier molecular flexibility index (Phi) is 4.60. The minimum atomic E-state index is 0.118. The highest BCUT2D eigenvalue weighted by atomic mass is 16.2. The first kappa shape index (κ1) is 15.5. The lowest BCUT2D eigenvalue weighted by molar-refractivity contribution is 0.0610. The molecule has 1 saturated heterocycles. The Hall–Kier alpha value is -2.36. The van der Waals surface area contributed by atoms with Gasteiger partial charge in [0.25, 0.3) is 5.91 Å². The van der Waals surface area contributed by atoms with Crippen molar-refractivity contribution in [3.05, 3.63) is 59.3 Å². The molecule has 3 rings (SSSR count). The number of aromatic nitrogens is 1. The van der Waals surface area contributed by atoms with Gasteiger partial charge in [0.1, 0.15) is 5.82 Å². The van der Waals surface area contributed by atoms with E-state index < -0.39 is 0 Å². The first-order chi connectivity index (χ1) is 11.2. The number of carbonyl (C=O) groups is 1. The Balaban J connectivity index is 1.91. The lowest BCUT2D eigenvalue weighted by Crippen LogP contribution is -2.38. The molecule has 2 heterocycles. The summed E-state index contributed by atoms with van der Waals surface area (Å²) in [4.78, 5) is 19.5. The first-order valence-electron chi connectivity index (χ1n) is 8.22. The molecule has 1 aromatic carbocycles. The summed E-state index contributed by atoms with van der Waals surface area (Å²) in [6, 6.07) is 13.8. The number of pyridine rings is 1. The molecule has 1 fully saturated rings. The summed E-state index contributed by atoms with van der Waals surface area (Å²) in [6.45, 7) is 2.83. The zero-order valence-corrected chi connectivity index (χ0v) is 13.7. The van der Waals surface area contributed by atoms with E-state index in [4.69, 9.17) is 0 Å². The number of anilines is 1. The zero-order chi connectivity index (χ0) is 16.2. The molecular weight excluding hydrogens is 286 g/mol. The highest BCUT2D eigenvalue weighted by molar-refractivity contribution is 5.94. The minimum absolute atomic E-state index is 0.118. The van der Waals surface area contributed by atoms with Crippen molar-refractivity contribution in [1.29, 1.82) is 0 Å². The molecule has 0 radical (unpaired) electrons. The fourth-order valence-corrected chi connectivity index (χ4v) is 3.31. The smallest absolute Gasteiger partial charge is 0.254 e. The van der Waals surface area contributed by atoms with Gasteiger partial charge < -0.3 is 10.2 Å². The number of benzene rings is 1. The van der Waals surface area contributed by atoms with E-state index in [0.717, 1.165) is 48.4 Å². The maximum atomic E-state index is 12.9. The summed E-state index contributed by atoms with van der Waals surface area (Å²) in [7, 11) is 1.87. The molecule has 0 aliphatic carbocycles. The second-order valence-electron chi connectivity index (χ2n) is 6.00. The summed E-state index contributed by atoms with van der Waals surface area (Å²) < 4.78 is 0. The molecule has 0 saturated carbocycles. The van der Waals surface area contributed by atoms with Crippen LogP contribution in [-0.4, -0.2) is 29.4 Å². The van der Waals surface area contributed by atoms with E-state index in [1.165, 1.54) is 0 Å². The Morgan fingerprint density at radius 1 is 1.17 bits per heavy atom. The highest BCUT2D eigenvalue weighted by Crippen LogP contribution is 2.33. The molecule has 1 aliphatic heterocycles. The number of amides is 1. The van der Waals surface area contributed by atoms with Crippen molar-refractivity contribution in [2.75, 3.05) is 18.9 Å². The van der Waals surface area contributed by atoms with Crippen LogP contribution in [-0.2, 0) is 0 Å². The zero-order valence-electron chi connectivity index (χ0n) is 13.7. The van der Waals surface area contributed by atoms with Crippen molar-refractivity contribution in [1.82, 2.24) is 9.88 Å². The van der Waals surface area contributed by atoms with Crippen molar-refractivity contribution in [3.63, 3.8) is 0 Å². The lowest BCUT2D eigenvalue weighted by atomic mass is 9.93. The number of hydrogen-bond donors (Lipinski definition) is 1. The third kappa shape index (κ3) is 3.21.